The third-order valence-corrected chi connectivity index (χ3v) is 7.52. The zero-order chi connectivity index (χ0) is 17.5. The van der Waals surface area contributed by atoms with Crippen molar-refractivity contribution < 1.29 is 4.79 Å². The Labute approximate surface area is 159 Å². The van der Waals surface area contributed by atoms with Crippen molar-refractivity contribution in [2.45, 2.75) is 48.1 Å². The van der Waals surface area contributed by atoms with E-state index in [1.807, 2.05) is 30.3 Å². The van der Waals surface area contributed by atoms with Crippen LogP contribution >= 0.6 is 11.8 Å². The molecule has 0 atom stereocenters. The van der Waals surface area contributed by atoms with Crippen LogP contribution in [0.4, 0.5) is 0 Å². The molecule has 0 radical (unpaired) electrons. The largest absolute Gasteiger partial charge is 0.349 e. The minimum absolute atomic E-state index is 0.0500. The molecule has 0 aliphatic heterocycles. The second-order valence-electron chi connectivity index (χ2n) is 8.20. The Morgan fingerprint density at radius 1 is 0.923 bits per heavy atom. The molecule has 4 bridgehead atoms. The lowest BCUT2D eigenvalue weighted by molar-refractivity contribution is -0.0120. The molecule has 0 saturated heterocycles. The van der Waals surface area contributed by atoms with Crippen LogP contribution in [0.1, 0.15) is 42.5 Å². The van der Waals surface area contributed by atoms with Crippen LogP contribution in [-0.4, -0.2) is 16.9 Å². The van der Waals surface area contributed by atoms with Crippen LogP contribution in [0.25, 0.3) is 0 Å². The molecule has 1 N–H and O–H groups in total. The monoisotopic (exact) mass is 364 g/mol. The van der Waals surface area contributed by atoms with Crippen molar-refractivity contribution in [2.75, 3.05) is 0 Å². The number of benzene rings is 1. The zero-order valence-corrected chi connectivity index (χ0v) is 15.6. The van der Waals surface area contributed by atoms with Gasteiger partial charge in [-0.05, 0) is 80.0 Å². The van der Waals surface area contributed by atoms with Gasteiger partial charge in [0.2, 0.25) is 0 Å². The highest BCUT2D eigenvalue weighted by atomic mass is 32.2. The molecule has 1 amide bonds. The maximum Gasteiger partial charge on any atom is 0.254 e. The van der Waals surface area contributed by atoms with Crippen LogP contribution in [0.5, 0.6) is 0 Å². The minimum atomic E-state index is 0.0500. The van der Waals surface area contributed by atoms with Crippen molar-refractivity contribution >= 4 is 17.7 Å². The fraction of sp³-hybridized carbons (Fsp3) is 0.455. The summed E-state index contributed by atoms with van der Waals surface area (Å²) in [4.78, 5) is 18.7. The molecule has 1 aromatic carbocycles. The average Bonchev–Trinajstić information content (AvgIpc) is 2.65. The quantitative estimate of drug-likeness (QED) is 0.848. The number of pyridine rings is 1. The summed E-state index contributed by atoms with van der Waals surface area (Å²) in [5.74, 6) is 3.28. The van der Waals surface area contributed by atoms with E-state index in [4.69, 9.17) is 0 Å². The summed E-state index contributed by atoms with van der Waals surface area (Å²) in [5.41, 5.74) is 0.704. The fourth-order valence-corrected chi connectivity index (χ4v) is 6.54. The number of amides is 1. The van der Waals surface area contributed by atoms with Crippen molar-refractivity contribution in [1.82, 2.24) is 10.3 Å². The van der Waals surface area contributed by atoms with Gasteiger partial charge in [0.15, 0.2) is 0 Å². The highest BCUT2D eigenvalue weighted by Crippen LogP contribution is 2.53. The maximum absolute atomic E-state index is 13.1. The van der Waals surface area contributed by atoms with Crippen molar-refractivity contribution in [2.24, 2.45) is 23.7 Å². The number of carbonyl (C=O) groups is 1. The van der Waals surface area contributed by atoms with Gasteiger partial charge < -0.3 is 5.32 Å². The predicted molar refractivity (Wildman–Crippen MR) is 103 cm³/mol. The first-order valence-corrected chi connectivity index (χ1v) is 10.6. The Bertz CT molecular complexity index is 779. The molecular weight excluding hydrogens is 340 g/mol. The SMILES string of the molecule is O=C(NC1C2CC3CC(C2)CC1C3)c1cccnc1Sc1ccccc1. The van der Waals surface area contributed by atoms with Gasteiger partial charge in [-0.15, -0.1) is 0 Å². The van der Waals surface area contributed by atoms with Gasteiger partial charge in [-0.1, -0.05) is 30.0 Å². The van der Waals surface area contributed by atoms with Gasteiger partial charge in [-0.3, -0.25) is 4.79 Å². The van der Waals surface area contributed by atoms with E-state index in [0.717, 1.165) is 21.8 Å². The molecule has 1 heterocycles. The normalized spacial score (nSPS) is 31.8. The molecule has 4 aliphatic carbocycles. The molecular formula is C22H24N2OS. The first kappa shape index (κ1) is 16.4. The number of hydrogen-bond donors (Lipinski definition) is 1. The van der Waals surface area contributed by atoms with Crippen molar-refractivity contribution in [1.29, 1.82) is 0 Å². The molecule has 134 valence electrons. The van der Waals surface area contributed by atoms with E-state index >= 15 is 0 Å². The van der Waals surface area contributed by atoms with Crippen LogP contribution in [0.3, 0.4) is 0 Å². The van der Waals surface area contributed by atoms with Crippen molar-refractivity contribution in [3.05, 3.63) is 54.2 Å². The third-order valence-electron chi connectivity index (χ3n) is 6.50. The Hall–Kier alpha value is -1.81. The summed E-state index contributed by atoms with van der Waals surface area (Å²) < 4.78 is 0. The van der Waals surface area contributed by atoms with E-state index in [1.165, 1.54) is 32.1 Å². The summed E-state index contributed by atoms with van der Waals surface area (Å²) in [6.07, 6.45) is 8.47. The van der Waals surface area contributed by atoms with Gasteiger partial charge in [-0.2, -0.15) is 0 Å². The molecule has 0 spiro atoms. The molecule has 4 fully saturated rings. The second-order valence-corrected chi connectivity index (χ2v) is 9.26. The molecule has 3 nitrogen and oxygen atoms in total. The van der Waals surface area contributed by atoms with E-state index in [9.17, 15) is 4.79 Å². The molecule has 4 aliphatic rings. The summed E-state index contributed by atoms with van der Waals surface area (Å²) in [5, 5.41) is 4.20. The Morgan fingerprint density at radius 3 is 2.31 bits per heavy atom. The first-order chi connectivity index (χ1) is 12.8. The lowest BCUT2D eigenvalue weighted by atomic mass is 9.54. The lowest BCUT2D eigenvalue weighted by Crippen LogP contribution is -2.55. The van der Waals surface area contributed by atoms with Gasteiger partial charge in [0.25, 0.3) is 5.91 Å². The zero-order valence-electron chi connectivity index (χ0n) is 14.8. The standard InChI is InChI=1S/C22H24N2OS/c25-21(24-20-16-10-14-9-15(12-16)13-17(20)11-14)19-7-4-8-23-22(19)26-18-5-2-1-3-6-18/h1-8,14-17,20H,9-13H2,(H,24,25). The van der Waals surface area contributed by atoms with E-state index in [1.54, 1.807) is 18.0 Å². The van der Waals surface area contributed by atoms with Gasteiger partial charge in [0.05, 0.1) is 5.56 Å². The topological polar surface area (TPSA) is 42.0 Å². The Morgan fingerprint density at radius 2 is 1.62 bits per heavy atom. The van der Waals surface area contributed by atoms with Gasteiger partial charge in [-0.25, -0.2) is 4.98 Å². The van der Waals surface area contributed by atoms with Crippen LogP contribution in [0.2, 0.25) is 0 Å². The van der Waals surface area contributed by atoms with Gasteiger partial charge in [0, 0.05) is 17.1 Å². The first-order valence-electron chi connectivity index (χ1n) is 9.75. The summed E-state index contributed by atoms with van der Waals surface area (Å²) in [7, 11) is 0. The number of nitrogens with one attached hydrogen (secondary N) is 1. The van der Waals surface area contributed by atoms with Crippen LogP contribution in [0, 0.1) is 23.7 Å². The Balaban J connectivity index is 1.35. The Kier molecular flexibility index (Phi) is 4.24. The molecule has 4 saturated carbocycles. The highest BCUT2D eigenvalue weighted by molar-refractivity contribution is 7.99. The van der Waals surface area contributed by atoms with E-state index < -0.39 is 0 Å². The van der Waals surface area contributed by atoms with Crippen molar-refractivity contribution in [3.8, 4) is 0 Å². The summed E-state index contributed by atoms with van der Waals surface area (Å²) in [6, 6.07) is 14.3. The summed E-state index contributed by atoms with van der Waals surface area (Å²) >= 11 is 1.56. The average molecular weight is 365 g/mol. The van der Waals surface area contributed by atoms with E-state index in [-0.39, 0.29) is 5.91 Å². The molecule has 26 heavy (non-hydrogen) atoms. The van der Waals surface area contributed by atoms with E-state index in [0.29, 0.717) is 23.4 Å². The van der Waals surface area contributed by atoms with Crippen LogP contribution in [-0.2, 0) is 0 Å². The molecule has 0 unspecified atom stereocenters. The number of carbonyl (C=O) groups excluding carboxylic acids is 1. The molecule has 2 aromatic rings. The van der Waals surface area contributed by atoms with Gasteiger partial charge in [0.1, 0.15) is 5.03 Å². The van der Waals surface area contributed by atoms with Crippen LogP contribution in [0.15, 0.2) is 58.6 Å². The number of rotatable bonds is 4. The summed E-state index contributed by atoms with van der Waals surface area (Å²) in [6.45, 7) is 0. The number of aromatic nitrogens is 1. The third kappa shape index (κ3) is 3.05. The maximum atomic E-state index is 13.1. The molecule has 4 heteroatoms. The van der Waals surface area contributed by atoms with Gasteiger partial charge >= 0.3 is 0 Å². The predicted octanol–water partition coefficient (Wildman–Crippen LogP) is 4.79. The highest BCUT2D eigenvalue weighted by Gasteiger charge is 2.48. The second kappa shape index (κ2) is 6.73. The lowest BCUT2D eigenvalue weighted by Gasteiger charge is -2.54. The van der Waals surface area contributed by atoms with E-state index in [2.05, 4.69) is 22.4 Å². The van der Waals surface area contributed by atoms with Crippen LogP contribution < -0.4 is 5.32 Å². The number of nitrogens with zero attached hydrogens (tertiary/aromatic N) is 1. The smallest absolute Gasteiger partial charge is 0.254 e. The minimum Gasteiger partial charge on any atom is -0.349 e. The molecule has 1 aromatic heterocycles. The fourth-order valence-electron chi connectivity index (χ4n) is 5.64. The van der Waals surface area contributed by atoms with Crippen molar-refractivity contribution in [3.63, 3.8) is 0 Å². The number of hydrogen-bond acceptors (Lipinski definition) is 3. The molecule has 6 rings (SSSR count).